The number of carbonyl (C=O) groups excluding carboxylic acids is 2. The van der Waals surface area contributed by atoms with Gasteiger partial charge in [-0.1, -0.05) is 47.5 Å². The largest absolute Gasteiger partial charge is 0.497 e. The van der Waals surface area contributed by atoms with Crippen LogP contribution in [-0.2, 0) is 14.8 Å². The lowest BCUT2D eigenvalue weighted by molar-refractivity contribution is -0.119. The maximum atomic E-state index is 13.1. The Labute approximate surface area is 243 Å². The first-order chi connectivity index (χ1) is 18.9. The third-order valence-electron chi connectivity index (χ3n) is 6.73. The van der Waals surface area contributed by atoms with Gasteiger partial charge in [-0.05, 0) is 54.4 Å². The number of hydrogen-bond acceptors (Lipinski definition) is 6. The van der Waals surface area contributed by atoms with Crippen molar-refractivity contribution < 1.29 is 22.7 Å². The maximum Gasteiger partial charge on any atom is 0.252 e. The summed E-state index contributed by atoms with van der Waals surface area (Å²) >= 11 is 12.3. The van der Waals surface area contributed by atoms with Gasteiger partial charge in [0.2, 0.25) is 15.9 Å². The number of methoxy groups -OCH3 is 1. The van der Waals surface area contributed by atoms with Crippen LogP contribution in [0.5, 0.6) is 5.75 Å². The number of nitrogens with two attached hydrogens (primary N) is 1. The SMILES string of the molecule is COc1cc(C(=O)N[C@@H](C)C(N)=O)cc(N(C2CN(C(c3ccc(Cl)cc3)c3ccc(Cl)cc3)C2)S(C)(=O)=O)c1. The van der Waals surface area contributed by atoms with Crippen molar-refractivity contribution in [2.75, 3.05) is 30.8 Å². The van der Waals surface area contributed by atoms with E-state index in [4.69, 9.17) is 33.7 Å². The fraction of sp³-hybridized carbons (Fsp3) is 0.286. The minimum absolute atomic E-state index is 0.132. The predicted molar refractivity (Wildman–Crippen MR) is 157 cm³/mol. The van der Waals surface area contributed by atoms with Crippen molar-refractivity contribution in [2.24, 2.45) is 5.73 Å². The minimum Gasteiger partial charge on any atom is -0.497 e. The van der Waals surface area contributed by atoms with E-state index in [1.807, 2.05) is 48.5 Å². The smallest absolute Gasteiger partial charge is 0.252 e. The number of carbonyl (C=O) groups is 2. The van der Waals surface area contributed by atoms with Gasteiger partial charge in [0, 0.05) is 34.8 Å². The number of ether oxygens (including phenoxy) is 1. The summed E-state index contributed by atoms with van der Waals surface area (Å²) in [5.74, 6) is -0.986. The zero-order valence-corrected chi connectivity index (χ0v) is 24.5. The van der Waals surface area contributed by atoms with E-state index in [2.05, 4.69) is 10.2 Å². The molecule has 1 aliphatic heterocycles. The Hall–Kier alpha value is -3.31. The average Bonchev–Trinajstić information content (AvgIpc) is 2.88. The summed E-state index contributed by atoms with van der Waals surface area (Å²) in [6.45, 7) is 2.30. The van der Waals surface area contributed by atoms with E-state index >= 15 is 0 Å². The van der Waals surface area contributed by atoms with Gasteiger partial charge in [0.05, 0.1) is 31.1 Å². The third-order valence-corrected chi connectivity index (χ3v) is 8.46. The molecule has 0 unspecified atom stereocenters. The van der Waals surface area contributed by atoms with Crippen LogP contribution in [0.1, 0.15) is 34.5 Å². The number of nitrogens with zero attached hydrogens (tertiary/aromatic N) is 2. The van der Waals surface area contributed by atoms with Crippen molar-refractivity contribution in [3.8, 4) is 5.75 Å². The van der Waals surface area contributed by atoms with Gasteiger partial charge in [0.15, 0.2) is 0 Å². The molecule has 9 nitrogen and oxygen atoms in total. The molecule has 0 aliphatic carbocycles. The number of anilines is 1. The molecule has 3 aromatic rings. The Kier molecular flexibility index (Phi) is 8.94. The van der Waals surface area contributed by atoms with Gasteiger partial charge in [-0.15, -0.1) is 0 Å². The van der Waals surface area contributed by atoms with Crippen LogP contribution in [0.3, 0.4) is 0 Å². The number of halogens is 2. The van der Waals surface area contributed by atoms with Crippen molar-refractivity contribution in [2.45, 2.75) is 25.0 Å². The van der Waals surface area contributed by atoms with Gasteiger partial charge in [0.1, 0.15) is 11.8 Å². The molecular weight excluding hydrogens is 575 g/mol. The van der Waals surface area contributed by atoms with Crippen molar-refractivity contribution >= 4 is 50.7 Å². The number of likely N-dealkylation sites (tertiary alicyclic amines) is 1. The second-order valence-electron chi connectivity index (χ2n) is 9.69. The molecule has 212 valence electrons. The highest BCUT2D eigenvalue weighted by atomic mass is 35.5. The zero-order chi connectivity index (χ0) is 29.2. The molecule has 0 spiro atoms. The fourth-order valence-corrected chi connectivity index (χ4v) is 6.15. The number of benzene rings is 3. The quantitative estimate of drug-likeness (QED) is 0.362. The lowest BCUT2D eigenvalue weighted by atomic mass is 9.93. The van der Waals surface area contributed by atoms with E-state index in [1.54, 1.807) is 6.07 Å². The molecule has 4 rings (SSSR count). The monoisotopic (exact) mass is 604 g/mol. The fourth-order valence-electron chi connectivity index (χ4n) is 4.73. The maximum absolute atomic E-state index is 13.1. The lowest BCUT2D eigenvalue weighted by Gasteiger charge is -2.48. The molecule has 0 saturated carbocycles. The van der Waals surface area contributed by atoms with E-state index in [9.17, 15) is 18.0 Å². The van der Waals surface area contributed by atoms with Crippen LogP contribution < -0.4 is 20.1 Å². The number of hydrogen-bond donors (Lipinski definition) is 2. The van der Waals surface area contributed by atoms with Crippen molar-refractivity contribution in [3.63, 3.8) is 0 Å². The van der Waals surface area contributed by atoms with E-state index in [1.165, 1.54) is 30.5 Å². The number of nitrogens with one attached hydrogen (secondary N) is 1. The van der Waals surface area contributed by atoms with E-state index in [-0.39, 0.29) is 17.3 Å². The van der Waals surface area contributed by atoms with Crippen molar-refractivity contribution in [3.05, 3.63) is 93.5 Å². The normalized spacial score (nSPS) is 14.8. The van der Waals surface area contributed by atoms with Crippen LogP contribution >= 0.6 is 23.2 Å². The van der Waals surface area contributed by atoms with Gasteiger partial charge < -0.3 is 15.8 Å². The molecular formula is C28H30Cl2N4O5S. The first-order valence-electron chi connectivity index (χ1n) is 12.4. The third kappa shape index (κ3) is 6.69. The average molecular weight is 606 g/mol. The van der Waals surface area contributed by atoms with Gasteiger partial charge >= 0.3 is 0 Å². The Bertz CT molecular complexity index is 1450. The molecule has 12 heteroatoms. The minimum atomic E-state index is -3.76. The van der Waals surface area contributed by atoms with E-state index in [0.29, 0.717) is 28.9 Å². The Balaban J connectivity index is 1.65. The highest BCUT2D eigenvalue weighted by Crippen LogP contribution is 2.37. The van der Waals surface area contributed by atoms with Crippen LogP contribution in [-0.4, -0.2) is 63.7 Å². The van der Waals surface area contributed by atoms with Crippen LogP contribution in [0.4, 0.5) is 5.69 Å². The number of primary amides is 1. The summed E-state index contributed by atoms with van der Waals surface area (Å²) in [7, 11) is -2.34. The van der Waals surface area contributed by atoms with Gasteiger partial charge in [0.25, 0.3) is 5.91 Å². The molecule has 0 radical (unpaired) electrons. The highest BCUT2D eigenvalue weighted by molar-refractivity contribution is 7.92. The Morgan fingerprint density at radius 3 is 1.98 bits per heavy atom. The molecule has 1 aliphatic rings. The van der Waals surface area contributed by atoms with Crippen molar-refractivity contribution in [1.29, 1.82) is 0 Å². The van der Waals surface area contributed by atoms with Gasteiger partial charge in [-0.25, -0.2) is 8.42 Å². The first-order valence-corrected chi connectivity index (χ1v) is 15.0. The van der Waals surface area contributed by atoms with E-state index in [0.717, 1.165) is 17.4 Å². The van der Waals surface area contributed by atoms with Crippen LogP contribution in [0.25, 0.3) is 0 Å². The predicted octanol–water partition coefficient (Wildman–Crippen LogP) is 3.85. The van der Waals surface area contributed by atoms with Crippen molar-refractivity contribution in [1.82, 2.24) is 10.2 Å². The molecule has 0 aromatic heterocycles. The molecule has 2 amide bonds. The summed E-state index contributed by atoms with van der Waals surface area (Å²) in [4.78, 5) is 26.4. The zero-order valence-electron chi connectivity index (χ0n) is 22.2. The molecule has 3 aromatic carbocycles. The molecule has 3 N–H and O–H groups in total. The van der Waals surface area contributed by atoms with Crippen LogP contribution in [0.2, 0.25) is 10.0 Å². The highest BCUT2D eigenvalue weighted by Gasteiger charge is 2.41. The second kappa shape index (κ2) is 12.1. The standard InChI is InChI=1S/C28H30Cl2N4O5S/c1-17(27(31)35)32-28(36)20-12-23(14-25(13-20)39-2)34(40(3,37)38)24-15-33(16-24)26(18-4-8-21(29)9-5-18)19-6-10-22(30)11-7-19/h4-14,17,24,26H,15-16H2,1-3H3,(H2,31,35)(H,32,36)/t17-/m0/s1. The van der Waals surface area contributed by atoms with Crippen LogP contribution in [0.15, 0.2) is 66.7 Å². The molecule has 1 atom stereocenters. The summed E-state index contributed by atoms with van der Waals surface area (Å²) in [5, 5.41) is 3.75. The molecule has 1 fully saturated rings. The van der Waals surface area contributed by atoms with Gasteiger partial charge in [-0.2, -0.15) is 0 Å². The van der Waals surface area contributed by atoms with E-state index < -0.39 is 33.9 Å². The molecule has 0 bridgehead atoms. The second-order valence-corrected chi connectivity index (χ2v) is 12.4. The topological polar surface area (TPSA) is 122 Å². The number of sulfonamides is 1. The first kappa shape index (κ1) is 29.7. The number of rotatable bonds is 10. The summed E-state index contributed by atoms with van der Waals surface area (Å²) in [6.07, 6.45) is 1.12. The Morgan fingerprint density at radius 1 is 1.00 bits per heavy atom. The summed E-state index contributed by atoms with van der Waals surface area (Å²) < 4.78 is 32.8. The summed E-state index contributed by atoms with van der Waals surface area (Å²) in [6, 6.07) is 18.1. The molecule has 40 heavy (non-hydrogen) atoms. The van der Waals surface area contributed by atoms with Crippen LogP contribution in [0, 0.1) is 0 Å². The van der Waals surface area contributed by atoms with Gasteiger partial charge in [-0.3, -0.25) is 18.8 Å². The molecule has 1 saturated heterocycles. The lowest BCUT2D eigenvalue weighted by Crippen LogP contribution is -2.61. The Morgan fingerprint density at radius 2 is 1.52 bits per heavy atom. The summed E-state index contributed by atoms with van der Waals surface area (Å²) in [5.41, 5.74) is 7.68. The molecule has 1 heterocycles. The number of amides is 2.